The molecule has 0 fully saturated rings. The largest absolute Gasteiger partial charge is 0.399 e. The van der Waals surface area contributed by atoms with Gasteiger partial charge in [0, 0.05) is 70.8 Å². The van der Waals surface area contributed by atoms with Crippen molar-refractivity contribution in [3.8, 4) is 45.0 Å². The number of rotatable bonds is 10. The number of nitrogens with zero attached hydrogens (tertiary/aromatic N) is 8. The summed E-state index contributed by atoms with van der Waals surface area (Å²) in [6, 6.07) is 38.7. The van der Waals surface area contributed by atoms with Gasteiger partial charge in [0.15, 0.2) is 42.3 Å². The fourth-order valence-electron chi connectivity index (χ4n) is 8.17. The maximum absolute atomic E-state index is 13.9. The number of fused-ring (bicyclic) bond motifs is 2. The quantitative estimate of drug-likeness (QED) is 0.123. The van der Waals surface area contributed by atoms with Crippen LogP contribution in [0, 0.1) is 22.5 Å². The Labute approximate surface area is 439 Å². The van der Waals surface area contributed by atoms with Crippen LogP contribution in [-0.2, 0) is 19.7 Å². The number of halogens is 3. The Morgan fingerprint density at radius 3 is 1.47 bits per heavy atom. The number of hydrogen-bond donors (Lipinski definition) is 2. The lowest BCUT2D eigenvalue weighted by atomic mass is 10.0. The van der Waals surface area contributed by atoms with E-state index in [1.54, 1.807) is 48.8 Å². The smallest absolute Gasteiger partial charge is 0.180 e. The maximum atomic E-state index is 13.9. The first-order chi connectivity index (χ1) is 35.5. The van der Waals surface area contributed by atoms with Crippen LogP contribution in [0.3, 0.4) is 0 Å². The average molecular weight is 1070 g/mol. The number of benzene rings is 4. The Kier molecular flexibility index (Phi) is 15.6. The summed E-state index contributed by atoms with van der Waals surface area (Å²) in [5.74, 6) is 0.689. The van der Waals surface area contributed by atoms with Crippen LogP contribution >= 0.6 is 11.6 Å². The summed E-state index contributed by atoms with van der Waals surface area (Å²) in [5, 5.41) is 20.6. The number of hydrogen-bond acceptors (Lipinski definition) is 12. The van der Waals surface area contributed by atoms with Gasteiger partial charge in [-0.05, 0) is 82.6 Å². The van der Waals surface area contributed by atoms with E-state index in [0.29, 0.717) is 51.0 Å². The van der Waals surface area contributed by atoms with Crippen molar-refractivity contribution in [1.29, 1.82) is 0 Å². The SMILES string of the molecule is CC(C)(C)CS(=O)(=O)c1cncc(-c2nnc(Cl)c3c(-c4ccccc4)ccn23)c1.CC(C)(C)CS(=O)(=O)c1cncc(-c2nnc(Nc3cccc(F)c3)c3c(-c4ccccc4)ccn23)c1.Nc1cccc(F)c1. The lowest BCUT2D eigenvalue weighted by Gasteiger charge is -2.18. The number of sulfone groups is 2. The third-order valence-electron chi connectivity index (χ3n) is 11.1. The minimum atomic E-state index is -3.56. The van der Waals surface area contributed by atoms with Crippen LogP contribution in [0.25, 0.3) is 56.1 Å². The molecular formula is C56H53ClF2N10O4S2. The lowest BCUT2D eigenvalue weighted by molar-refractivity contribution is 0.460. The monoisotopic (exact) mass is 1070 g/mol. The molecule has 0 saturated carbocycles. The van der Waals surface area contributed by atoms with Crippen LogP contribution in [0.4, 0.5) is 26.0 Å². The first-order valence-corrected chi connectivity index (χ1v) is 27.2. The summed E-state index contributed by atoms with van der Waals surface area (Å²) in [6.07, 6.45) is 9.59. The highest BCUT2D eigenvalue weighted by Gasteiger charge is 2.27. The van der Waals surface area contributed by atoms with Crippen molar-refractivity contribution in [3.63, 3.8) is 0 Å². The molecule has 10 aromatic rings. The van der Waals surface area contributed by atoms with E-state index in [9.17, 15) is 25.6 Å². The predicted octanol–water partition coefficient (Wildman–Crippen LogP) is 12.5. The van der Waals surface area contributed by atoms with E-state index in [2.05, 4.69) is 35.7 Å². The van der Waals surface area contributed by atoms with Gasteiger partial charge in [0.2, 0.25) is 0 Å². The summed E-state index contributed by atoms with van der Waals surface area (Å²) in [7, 11) is -7.05. The first kappa shape index (κ1) is 53.4. The molecule has 75 heavy (non-hydrogen) atoms. The van der Waals surface area contributed by atoms with Crippen LogP contribution in [0.15, 0.2) is 180 Å². The molecule has 384 valence electrons. The van der Waals surface area contributed by atoms with E-state index in [4.69, 9.17) is 17.3 Å². The molecule has 3 N–H and O–H groups in total. The number of aromatic nitrogens is 8. The van der Waals surface area contributed by atoms with Gasteiger partial charge < -0.3 is 11.1 Å². The summed E-state index contributed by atoms with van der Waals surface area (Å²) in [5.41, 5.74) is 11.7. The summed E-state index contributed by atoms with van der Waals surface area (Å²) in [6.45, 7) is 11.3. The van der Waals surface area contributed by atoms with Crippen molar-refractivity contribution < 1.29 is 25.6 Å². The van der Waals surface area contributed by atoms with Crippen molar-refractivity contribution in [2.75, 3.05) is 22.6 Å². The van der Waals surface area contributed by atoms with Crippen LogP contribution < -0.4 is 11.1 Å². The van der Waals surface area contributed by atoms with E-state index < -0.39 is 25.1 Å². The van der Waals surface area contributed by atoms with E-state index in [-0.39, 0.29) is 43.5 Å². The lowest BCUT2D eigenvalue weighted by Crippen LogP contribution is -2.21. The fraction of sp³-hybridized carbons (Fsp3) is 0.179. The summed E-state index contributed by atoms with van der Waals surface area (Å²) < 4.78 is 81.4. The van der Waals surface area contributed by atoms with E-state index in [1.807, 2.05) is 136 Å². The van der Waals surface area contributed by atoms with Crippen LogP contribution in [-0.4, -0.2) is 67.5 Å². The highest BCUT2D eigenvalue weighted by atomic mass is 35.5. The van der Waals surface area contributed by atoms with Gasteiger partial charge in [0.05, 0.1) is 32.3 Å². The van der Waals surface area contributed by atoms with Crippen molar-refractivity contribution in [3.05, 3.63) is 187 Å². The first-order valence-electron chi connectivity index (χ1n) is 23.5. The zero-order chi connectivity index (χ0) is 53.7. The number of pyridine rings is 2. The molecule has 0 radical (unpaired) electrons. The molecule has 10 rings (SSSR count). The summed E-state index contributed by atoms with van der Waals surface area (Å²) >= 11 is 6.38. The molecule has 0 saturated heterocycles. The molecule has 0 unspecified atom stereocenters. The molecule has 6 heterocycles. The van der Waals surface area contributed by atoms with Crippen LogP contribution in [0.2, 0.25) is 5.15 Å². The molecule has 0 amide bonds. The van der Waals surface area contributed by atoms with Crippen molar-refractivity contribution in [1.82, 2.24) is 39.2 Å². The second kappa shape index (κ2) is 21.9. The molecule has 0 atom stereocenters. The van der Waals surface area contributed by atoms with E-state index in [0.717, 1.165) is 22.3 Å². The molecule has 19 heteroatoms. The molecule has 14 nitrogen and oxygen atoms in total. The Morgan fingerprint density at radius 1 is 0.533 bits per heavy atom. The van der Waals surface area contributed by atoms with E-state index in [1.165, 1.54) is 36.7 Å². The highest BCUT2D eigenvalue weighted by Crippen LogP contribution is 2.36. The number of nitrogens with two attached hydrogens (primary N) is 1. The Hall–Kier alpha value is -7.93. The molecule has 6 aromatic heterocycles. The third-order valence-corrected chi connectivity index (χ3v) is 15.8. The van der Waals surface area contributed by atoms with Crippen LogP contribution in [0.1, 0.15) is 41.5 Å². The molecule has 0 aliphatic heterocycles. The van der Waals surface area contributed by atoms with Crippen LogP contribution in [0.5, 0.6) is 0 Å². The Bertz CT molecular complexity index is 3870. The molecule has 0 spiro atoms. The zero-order valence-corrected chi connectivity index (χ0v) is 44.2. The molecule has 0 bridgehead atoms. The van der Waals surface area contributed by atoms with Gasteiger partial charge in [-0.2, -0.15) is 0 Å². The maximum Gasteiger partial charge on any atom is 0.180 e. The zero-order valence-electron chi connectivity index (χ0n) is 41.8. The number of nitrogen functional groups attached to an aromatic ring is 1. The molecule has 0 aliphatic carbocycles. The van der Waals surface area contributed by atoms with Gasteiger partial charge >= 0.3 is 0 Å². The normalized spacial score (nSPS) is 11.9. The van der Waals surface area contributed by atoms with Gasteiger partial charge in [-0.15, -0.1) is 20.4 Å². The number of nitrogens with one attached hydrogen (secondary N) is 1. The molecule has 4 aromatic carbocycles. The summed E-state index contributed by atoms with van der Waals surface area (Å²) in [4.78, 5) is 8.66. The van der Waals surface area contributed by atoms with Crippen molar-refractivity contribution >= 4 is 59.5 Å². The van der Waals surface area contributed by atoms with Gasteiger partial charge in [0.1, 0.15) is 11.6 Å². The highest BCUT2D eigenvalue weighted by molar-refractivity contribution is 7.91. The van der Waals surface area contributed by atoms with Gasteiger partial charge in [0.25, 0.3) is 0 Å². The van der Waals surface area contributed by atoms with Gasteiger partial charge in [-0.1, -0.05) is 126 Å². The fourth-order valence-corrected chi connectivity index (χ4v) is 12.1. The Morgan fingerprint density at radius 2 is 1.00 bits per heavy atom. The second-order valence-corrected chi connectivity index (χ2v) is 24.3. The third kappa shape index (κ3) is 13.1. The molecular weight excluding hydrogens is 1010 g/mol. The second-order valence-electron chi connectivity index (χ2n) is 20.0. The topological polar surface area (TPSA) is 192 Å². The van der Waals surface area contributed by atoms with E-state index >= 15 is 0 Å². The van der Waals surface area contributed by atoms with Crippen molar-refractivity contribution in [2.45, 2.75) is 51.3 Å². The Balaban J connectivity index is 0.000000176. The molecule has 0 aliphatic rings. The van der Waals surface area contributed by atoms with Gasteiger partial charge in [-0.3, -0.25) is 18.8 Å². The minimum Gasteiger partial charge on any atom is -0.399 e. The predicted molar refractivity (Wildman–Crippen MR) is 292 cm³/mol. The standard InChI is InChI=1S/C28H26FN5O2S.C22H21ClN4O2S.C6H6FN/c1-28(2,3)18-37(35,36)23-14-20(16-30-17-23)27-33-32-26(31-22-11-7-10-21(29)15-22)25-24(12-13-34(25)27)19-8-5-4-6-9-19;1-22(2,3)14-30(28,29)17-11-16(12-24-13-17)21-26-25-20(23)19-18(9-10-27(19)21)15-7-5-4-6-8-15;7-5-2-1-3-6(8)4-5/h4-17H,18H2,1-3H3,(H,31,32);4-13H,14H2,1-3H3;1-4H,8H2. The van der Waals surface area contributed by atoms with Gasteiger partial charge in [-0.25, -0.2) is 25.6 Å². The van der Waals surface area contributed by atoms with Crippen molar-refractivity contribution in [2.24, 2.45) is 10.8 Å². The minimum absolute atomic E-state index is 0.00953. The average Bonchev–Trinajstić information content (AvgIpc) is 4.02. The number of anilines is 3.